The van der Waals surface area contributed by atoms with Gasteiger partial charge in [-0.2, -0.15) is 5.26 Å². The van der Waals surface area contributed by atoms with Crippen LogP contribution in [-0.2, 0) is 6.54 Å². The third-order valence-corrected chi connectivity index (χ3v) is 4.35. The van der Waals surface area contributed by atoms with E-state index in [4.69, 9.17) is 5.26 Å². The van der Waals surface area contributed by atoms with Gasteiger partial charge in [0.05, 0.1) is 18.2 Å². The summed E-state index contributed by atoms with van der Waals surface area (Å²) in [6, 6.07) is 6.74. The SMILES string of the molecule is C=C(C)CN1CCC(NC(=NCc2cc(C#N)ccc2F)NCC)CC1.I. The maximum atomic E-state index is 13.9. The number of halogens is 2. The average molecular weight is 485 g/mol. The highest BCUT2D eigenvalue weighted by molar-refractivity contribution is 14.0. The number of rotatable bonds is 6. The van der Waals surface area contributed by atoms with Gasteiger partial charge < -0.3 is 10.6 Å². The van der Waals surface area contributed by atoms with E-state index in [9.17, 15) is 4.39 Å². The third-order valence-electron chi connectivity index (χ3n) is 4.35. The summed E-state index contributed by atoms with van der Waals surface area (Å²) in [5.74, 6) is 0.351. The smallest absolute Gasteiger partial charge is 0.191 e. The molecular formula is C20H29FIN5. The molecule has 0 bridgehead atoms. The molecule has 2 N–H and O–H groups in total. The van der Waals surface area contributed by atoms with Gasteiger partial charge in [-0.15, -0.1) is 24.0 Å². The molecule has 0 amide bonds. The van der Waals surface area contributed by atoms with Crippen molar-refractivity contribution in [1.29, 1.82) is 5.26 Å². The van der Waals surface area contributed by atoms with Crippen molar-refractivity contribution in [2.75, 3.05) is 26.2 Å². The summed E-state index contributed by atoms with van der Waals surface area (Å²) in [7, 11) is 0. The maximum absolute atomic E-state index is 13.9. The first kappa shape index (κ1) is 23.4. The number of nitrogens with zero attached hydrogens (tertiary/aromatic N) is 3. The van der Waals surface area contributed by atoms with E-state index in [2.05, 4.69) is 34.0 Å². The Kier molecular flexibility index (Phi) is 10.3. The average Bonchev–Trinajstić information content (AvgIpc) is 2.62. The number of nitrogens with one attached hydrogen (secondary N) is 2. The van der Waals surface area contributed by atoms with E-state index in [1.54, 1.807) is 6.07 Å². The van der Waals surface area contributed by atoms with Crippen molar-refractivity contribution < 1.29 is 4.39 Å². The monoisotopic (exact) mass is 485 g/mol. The molecule has 0 radical (unpaired) electrons. The summed E-state index contributed by atoms with van der Waals surface area (Å²) in [4.78, 5) is 6.91. The number of aliphatic imine (C=N–C) groups is 1. The second-order valence-corrected chi connectivity index (χ2v) is 6.77. The fraction of sp³-hybridized carbons (Fsp3) is 0.500. The van der Waals surface area contributed by atoms with Crippen LogP contribution in [0.2, 0.25) is 0 Å². The van der Waals surface area contributed by atoms with Gasteiger partial charge >= 0.3 is 0 Å². The van der Waals surface area contributed by atoms with Gasteiger partial charge in [-0.25, -0.2) is 9.38 Å². The highest BCUT2D eigenvalue weighted by Gasteiger charge is 2.19. The Labute approximate surface area is 178 Å². The summed E-state index contributed by atoms with van der Waals surface area (Å²) in [6.45, 7) is 12.0. The molecule has 1 saturated heterocycles. The van der Waals surface area contributed by atoms with E-state index in [1.807, 2.05) is 13.0 Å². The second-order valence-electron chi connectivity index (χ2n) is 6.77. The molecule has 0 spiro atoms. The predicted molar refractivity (Wildman–Crippen MR) is 119 cm³/mol. The lowest BCUT2D eigenvalue weighted by Gasteiger charge is -2.33. The Morgan fingerprint density at radius 2 is 2.11 bits per heavy atom. The number of hydrogen-bond donors (Lipinski definition) is 2. The number of likely N-dealkylation sites (tertiary alicyclic amines) is 1. The molecule has 7 heteroatoms. The zero-order chi connectivity index (χ0) is 18.9. The van der Waals surface area contributed by atoms with E-state index in [1.165, 1.54) is 17.7 Å². The Bertz CT molecular complexity index is 690. The van der Waals surface area contributed by atoms with Crippen molar-refractivity contribution in [1.82, 2.24) is 15.5 Å². The lowest BCUT2D eigenvalue weighted by atomic mass is 10.0. The van der Waals surface area contributed by atoms with Crippen LogP contribution in [0.3, 0.4) is 0 Å². The quantitative estimate of drug-likeness (QED) is 0.281. The molecule has 1 aromatic carbocycles. The van der Waals surface area contributed by atoms with E-state index in [0.717, 1.165) is 39.0 Å². The molecule has 0 unspecified atom stereocenters. The number of hydrogen-bond acceptors (Lipinski definition) is 3. The second kappa shape index (κ2) is 11.9. The maximum Gasteiger partial charge on any atom is 0.191 e. The molecule has 5 nitrogen and oxygen atoms in total. The summed E-state index contributed by atoms with van der Waals surface area (Å²) < 4.78 is 13.9. The van der Waals surface area contributed by atoms with E-state index in [-0.39, 0.29) is 36.3 Å². The van der Waals surface area contributed by atoms with Crippen molar-refractivity contribution in [3.63, 3.8) is 0 Å². The molecule has 2 rings (SSSR count). The molecule has 0 atom stereocenters. The summed E-state index contributed by atoms with van der Waals surface area (Å²) >= 11 is 0. The van der Waals surface area contributed by atoms with E-state index in [0.29, 0.717) is 23.1 Å². The van der Waals surface area contributed by atoms with Crippen molar-refractivity contribution in [2.24, 2.45) is 4.99 Å². The first-order valence-corrected chi connectivity index (χ1v) is 9.12. The highest BCUT2D eigenvalue weighted by Crippen LogP contribution is 2.13. The molecule has 27 heavy (non-hydrogen) atoms. The summed E-state index contributed by atoms with van der Waals surface area (Å²) in [6.07, 6.45) is 2.08. The van der Waals surface area contributed by atoms with Crippen molar-refractivity contribution in [2.45, 2.75) is 39.3 Å². The van der Waals surface area contributed by atoms with E-state index < -0.39 is 0 Å². The fourth-order valence-electron chi connectivity index (χ4n) is 3.06. The van der Waals surface area contributed by atoms with Crippen molar-refractivity contribution in [3.8, 4) is 6.07 Å². The summed E-state index contributed by atoms with van der Waals surface area (Å²) in [5, 5.41) is 15.6. The van der Waals surface area contributed by atoms with Gasteiger partial charge in [-0.05, 0) is 44.9 Å². The van der Waals surface area contributed by atoms with Crippen LogP contribution in [0.1, 0.15) is 37.8 Å². The molecule has 1 aliphatic heterocycles. The van der Waals surface area contributed by atoms with Crippen LogP contribution in [0.4, 0.5) is 4.39 Å². The first-order valence-electron chi connectivity index (χ1n) is 9.12. The first-order chi connectivity index (χ1) is 12.5. The predicted octanol–water partition coefficient (Wildman–Crippen LogP) is 3.41. The molecule has 1 aromatic rings. The Balaban J connectivity index is 0.00000364. The van der Waals surface area contributed by atoms with Crippen LogP contribution in [0.25, 0.3) is 0 Å². The van der Waals surface area contributed by atoms with Gasteiger partial charge in [0.25, 0.3) is 0 Å². The molecule has 0 saturated carbocycles. The number of benzene rings is 1. The van der Waals surface area contributed by atoms with Gasteiger partial charge in [0, 0.05) is 37.8 Å². The van der Waals surface area contributed by atoms with Gasteiger partial charge in [0.1, 0.15) is 5.82 Å². The van der Waals surface area contributed by atoms with Crippen LogP contribution in [-0.4, -0.2) is 43.1 Å². The van der Waals surface area contributed by atoms with E-state index >= 15 is 0 Å². The minimum atomic E-state index is -0.336. The van der Waals surface area contributed by atoms with Crippen LogP contribution >= 0.6 is 24.0 Å². The lowest BCUT2D eigenvalue weighted by molar-refractivity contribution is 0.221. The number of guanidine groups is 1. The van der Waals surface area contributed by atoms with Crippen LogP contribution in [0.15, 0.2) is 35.3 Å². The normalized spacial score (nSPS) is 15.6. The molecule has 1 heterocycles. The fourth-order valence-corrected chi connectivity index (χ4v) is 3.06. The van der Waals surface area contributed by atoms with Crippen molar-refractivity contribution in [3.05, 3.63) is 47.3 Å². The molecule has 1 fully saturated rings. The third kappa shape index (κ3) is 7.85. The largest absolute Gasteiger partial charge is 0.357 e. The summed E-state index contributed by atoms with van der Waals surface area (Å²) in [5.41, 5.74) is 2.06. The van der Waals surface area contributed by atoms with Gasteiger partial charge in [-0.1, -0.05) is 12.2 Å². The zero-order valence-electron chi connectivity index (χ0n) is 16.1. The number of nitriles is 1. The Hall–Kier alpha value is -1.66. The molecule has 0 aliphatic carbocycles. The lowest BCUT2D eigenvalue weighted by Crippen LogP contribution is -2.48. The topological polar surface area (TPSA) is 63.5 Å². The van der Waals surface area contributed by atoms with Gasteiger partial charge in [0.2, 0.25) is 0 Å². The van der Waals surface area contributed by atoms with Gasteiger partial charge in [-0.3, -0.25) is 4.90 Å². The Morgan fingerprint density at radius 3 is 2.70 bits per heavy atom. The van der Waals surface area contributed by atoms with Crippen LogP contribution < -0.4 is 10.6 Å². The Morgan fingerprint density at radius 1 is 1.41 bits per heavy atom. The highest BCUT2D eigenvalue weighted by atomic mass is 127. The minimum Gasteiger partial charge on any atom is -0.357 e. The molecule has 1 aliphatic rings. The van der Waals surface area contributed by atoms with Crippen LogP contribution in [0, 0.1) is 17.1 Å². The van der Waals surface area contributed by atoms with Crippen molar-refractivity contribution >= 4 is 29.9 Å². The van der Waals surface area contributed by atoms with Gasteiger partial charge in [0.15, 0.2) is 5.96 Å². The minimum absolute atomic E-state index is 0. The standard InChI is InChI=1S/C20H28FN5.HI/c1-4-23-20(24-13-17-11-16(12-22)5-6-19(17)21)25-18-7-9-26(10-8-18)14-15(2)3;/h5-6,11,18H,2,4,7-10,13-14H2,1,3H3,(H2,23,24,25);1H. The molecular weight excluding hydrogens is 456 g/mol. The van der Waals surface area contributed by atoms with Crippen LogP contribution in [0.5, 0.6) is 0 Å². The molecule has 148 valence electrons. The zero-order valence-corrected chi connectivity index (χ0v) is 18.4. The molecule has 0 aromatic heterocycles. The number of piperidine rings is 1.